The van der Waals surface area contributed by atoms with Crippen molar-refractivity contribution in [1.82, 2.24) is 15.1 Å². The third-order valence-electron chi connectivity index (χ3n) is 2.67. The molecule has 0 fully saturated rings. The molecule has 0 saturated heterocycles. The first kappa shape index (κ1) is 13.7. The van der Waals surface area contributed by atoms with E-state index in [1.54, 1.807) is 0 Å². The quantitative estimate of drug-likeness (QED) is 0.656. The lowest BCUT2D eigenvalue weighted by Crippen LogP contribution is -2.16. The number of aryl methyl sites for hydroxylation is 2. The molecule has 1 rings (SSSR count). The van der Waals surface area contributed by atoms with E-state index in [0.717, 1.165) is 38.0 Å². The Bertz CT molecular complexity index is 359. The molecule has 0 aliphatic carbocycles. The highest BCUT2D eigenvalue weighted by molar-refractivity contribution is 5.73. The first-order chi connectivity index (χ1) is 8.13. The Labute approximate surface area is 102 Å². The van der Waals surface area contributed by atoms with E-state index in [9.17, 15) is 4.79 Å². The van der Waals surface area contributed by atoms with Crippen LogP contribution in [0.15, 0.2) is 6.20 Å². The standard InChI is InChI=1S/C12H22N4O/c1-3-11-10(9-16(2)15-11)8-14-7-5-4-6-12(13)17/h9,14H,3-8H2,1-2H3,(H2,13,17). The zero-order valence-electron chi connectivity index (χ0n) is 10.7. The summed E-state index contributed by atoms with van der Waals surface area (Å²) in [6.07, 6.45) is 5.32. The molecule has 5 heteroatoms. The molecular formula is C12H22N4O. The normalized spacial score (nSPS) is 10.7. The van der Waals surface area contributed by atoms with Crippen molar-refractivity contribution in [3.8, 4) is 0 Å². The second-order valence-corrected chi connectivity index (χ2v) is 4.23. The molecule has 17 heavy (non-hydrogen) atoms. The van der Waals surface area contributed by atoms with Crippen LogP contribution in [0.5, 0.6) is 0 Å². The Hall–Kier alpha value is -1.36. The van der Waals surface area contributed by atoms with Crippen molar-refractivity contribution in [3.05, 3.63) is 17.5 Å². The fourth-order valence-electron chi connectivity index (χ4n) is 1.80. The molecular weight excluding hydrogens is 216 g/mol. The summed E-state index contributed by atoms with van der Waals surface area (Å²) < 4.78 is 1.85. The van der Waals surface area contributed by atoms with Gasteiger partial charge in [0.2, 0.25) is 5.91 Å². The zero-order valence-corrected chi connectivity index (χ0v) is 10.7. The van der Waals surface area contributed by atoms with Crippen LogP contribution >= 0.6 is 0 Å². The predicted octanol–water partition coefficient (Wildman–Crippen LogP) is 0.728. The van der Waals surface area contributed by atoms with Gasteiger partial charge in [0, 0.05) is 31.8 Å². The topological polar surface area (TPSA) is 72.9 Å². The van der Waals surface area contributed by atoms with E-state index < -0.39 is 0 Å². The van der Waals surface area contributed by atoms with E-state index in [1.807, 2.05) is 11.7 Å². The van der Waals surface area contributed by atoms with Gasteiger partial charge in [-0.25, -0.2) is 0 Å². The molecule has 0 aliphatic rings. The van der Waals surface area contributed by atoms with E-state index in [2.05, 4.69) is 23.5 Å². The van der Waals surface area contributed by atoms with Crippen molar-refractivity contribution in [1.29, 1.82) is 0 Å². The van der Waals surface area contributed by atoms with Gasteiger partial charge in [0.05, 0.1) is 5.69 Å². The van der Waals surface area contributed by atoms with Gasteiger partial charge in [-0.1, -0.05) is 6.92 Å². The Morgan fingerprint density at radius 1 is 1.53 bits per heavy atom. The molecule has 1 heterocycles. The third kappa shape index (κ3) is 4.99. The third-order valence-corrected chi connectivity index (χ3v) is 2.67. The fraction of sp³-hybridized carbons (Fsp3) is 0.667. The first-order valence-corrected chi connectivity index (χ1v) is 6.14. The number of rotatable bonds is 8. The van der Waals surface area contributed by atoms with E-state index in [4.69, 9.17) is 5.73 Å². The average molecular weight is 238 g/mol. The maximum absolute atomic E-state index is 10.5. The van der Waals surface area contributed by atoms with Gasteiger partial charge < -0.3 is 11.1 Å². The summed E-state index contributed by atoms with van der Waals surface area (Å²) in [5.74, 6) is -0.217. The Balaban J connectivity index is 2.19. The van der Waals surface area contributed by atoms with Gasteiger partial charge in [0.1, 0.15) is 0 Å². The SMILES string of the molecule is CCc1nn(C)cc1CNCCCCC(N)=O. The van der Waals surface area contributed by atoms with Gasteiger partial charge in [-0.2, -0.15) is 5.10 Å². The highest BCUT2D eigenvalue weighted by Gasteiger charge is 2.04. The minimum absolute atomic E-state index is 0.217. The van der Waals surface area contributed by atoms with Crippen LogP contribution in [0, 0.1) is 0 Å². The number of aromatic nitrogens is 2. The molecule has 1 aromatic rings. The maximum Gasteiger partial charge on any atom is 0.217 e. The number of nitrogens with zero attached hydrogens (tertiary/aromatic N) is 2. The fourth-order valence-corrected chi connectivity index (χ4v) is 1.80. The second kappa shape index (κ2) is 7.06. The summed E-state index contributed by atoms with van der Waals surface area (Å²) in [6, 6.07) is 0. The number of carbonyl (C=O) groups excluding carboxylic acids is 1. The molecule has 0 spiro atoms. The summed E-state index contributed by atoms with van der Waals surface area (Å²) in [5.41, 5.74) is 7.47. The highest BCUT2D eigenvalue weighted by Crippen LogP contribution is 2.06. The number of nitrogens with two attached hydrogens (primary N) is 1. The van der Waals surface area contributed by atoms with Crippen LogP contribution in [0.1, 0.15) is 37.4 Å². The average Bonchev–Trinajstić information content (AvgIpc) is 2.63. The van der Waals surface area contributed by atoms with E-state index in [1.165, 1.54) is 5.56 Å². The molecule has 0 atom stereocenters. The summed E-state index contributed by atoms with van der Waals surface area (Å²) in [4.78, 5) is 10.5. The number of amides is 1. The lowest BCUT2D eigenvalue weighted by molar-refractivity contribution is -0.118. The molecule has 96 valence electrons. The zero-order chi connectivity index (χ0) is 12.7. The number of carbonyl (C=O) groups is 1. The molecule has 0 saturated carbocycles. The molecule has 5 nitrogen and oxygen atoms in total. The molecule has 0 aromatic carbocycles. The maximum atomic E-state index is 10.5. The van der Waals surface area contributed by atoms with Crippen LogP contribution in [0.25, 0.3) is 0 Å². The van der Waals surface area contributed by atoms with Gasteiger partial charge in [0.25, 0.3) is 0 Å². The van der Waals surface area contributed by atoms with Gasteiger partial charge >= 0.3 is 0 Å². The first-order valence-electron chi connectivity index (χ1n) is 6.14. The van der Waals surface area contributed by atoms with Crippen LogP contribution in [0.3, 0.4) is 0 Å². The molecule has 0 bridgehead atoms. The van der Waals surface area contributed by atoms with E-state index >= 15 is 0 Å². The number of hydrogen-bond acceptors (Lipinski definition) is 3. The number of unbranched alkanes of at least 4 members (excludes halogenated alkanes) is 1. The summed E-state index contributed by atoms with van der Waals surface area (Å²) in [5, 5.41) is 7.74. The van der Waals surface area contributed by atoms with Crippen LogP contribution in [0.2, 0.25) is 0 Å². The second-order valence-electron chi connectivity index (χ2n) is 4.23. The van der Waals surface area contributed by atoms with Crippen LogP contribution in [-0.2, 0) is 24.8 Å². The monoisotopic (exact) mass is 238 g/mol. The van der Waals surface area contributed by atoms with Crippen LogP contribution in [0.4, 0.5) is 0 Å². The van der Waals surface area contributed by atoms with E-state index in [0.29, 0.717) is 6.42 Å². The van der Waals surface area contributed by atoms with Crippen molar-refractivity contribution in [2.75, 3.05) is 6.54 Å². The molecule has 0 aliphatic heterocycles. The predicted molar refractivity (Wildman–Crippen MR) is 67.3 cm³/mol. The summed E-state index contributed by atoms with van der Waals surface area (Å²) in [6.45, 7) is 3.86. The smallest absolute Gasteiger partial charge is 0.217 e. The van der Waals surface area contributed by atoms with Gasteiger partial charge in [-0.05, 0) is 25.8 Å². The molecule has 1 amide bonds. The lowest BCUT2D eigenvalue weighted by atomic mass is 10.2. The summed E-state index contributed by atoms with van der Waals surface area (Å²) in [7, 11) is 1.94. The molecule has 0 radical (unpaired) electrons. The van der Waals surface area contributed by atoms with Gasteiger partial charge in [-0.15, -0.1) is 0 Å². The summed E-state index contributed by atoms with van der Waals surface area (Å²) >= 11 is 0. The number of hydrogen-bond donors (Lipinski definition) is 2. The van der Waals surface area contributed by atoms with Crippen molar-refractivity contribution in [2.24, 2.45) is 12.8 Å². The van der Waals surface area contributed by atoms with Gasteiger partial charge in [-0.3, -0.25) is 9.48 Å². The minimum atomic E-state index is -0.217. The van der Waals surface area contributed by atoms with Crippen molar-refractivity contribution in [3.63, 3.8) is 0 Å². The Morgan fingerprint density at radius 3 is 2.94 bits per heavy atom. The number of primary amides is 1. The van der Waals surface area contributed by atoms with Crippen LogP contribution < -0.4 is 11.1 Å². The molecule has 1 aromatic heterocycles. The minimum Gasteiger partial charge on any atom is -0.370 e. The van der Waals surface area contributed by atoms with Crippen molar-refractivity contribution >= 4 is 5.91 Å². The van der Waals surface area contributed by atoms with Gasteiger partial charge in [0.15, 0.2) is 0 Å². The Morgan fingerprint density at radius 2 is 2.29 bits per heavy atom. The van der Waals surface area contributed by atoms with E-state index in [-0.39, 0.29) is 5.91 Å². The van der Waals surface area contributed by atoms with Crippen molar-refractivity contribution < 1.29 is 4.79 Å². The van der Waals surface area contributed by atoms with Crippen molar-refractivity contribution in [2.45, 2.75) is 39.2 Å². The largest absolute Gasteiger partial charge is 0.370 e. The number of nitrogens with one attached hydrogen (secondary N) is 1. The molecule has 3 N–H and O–H groups in total. The van der Waals surface area contributed by atoms with Crippen LogP contribution in [-0.4, -0.2) is 22.2 Å². The molecule has 0 unspecified atom stereocenters. The lowest BCUT2D eigenvalue weighted by Gasteiger charge is -2.03. The highest BCUT2D eigenvalue weighted by atomic mass is 16.1. The Kier molecular flexibility index (Phi) is 5.69.